The molecule has 0 fully saturated rings. The maximum atomic E-state index is 12.4. The Morgan fingerprint density at radius 1 is 1.40 bits per heavy atom. The van der Waals surface area contributed by atoms with Crippen LogP contribution in [-0.4, -0.2) is 33.0 Å². The van der Waals surface area contributed by atoms with Gasteiger partial charge in [0.2, 0.25) is 11.8 Å². The summed E-state index contributed by atoms with van der Waals surface area (Å²) >= 11 is 1.63. The van der Waals surface area contributed by atoms with E-state index in [0.29, 0.717) is 38.4 Å². The molecule has 25 heavy (non-hydrogen) atoms. The van der Waals surface area contributed by atoms with Gasteiger partial charge in [-0.15, -0.1) is 11.3 Å². The number of amides is 2. The minimum Gasteiger partial charge on any atom is -0.351 e. The monoisotopic (exact) mass is 360 g/mol. The van der Waals surface area contributed by atoms with Crippen molar-refractivity contribution in [2.24, 2.45) is 5.92 Å². The summed E-state index contributed by atoms with van der Waals surface area (Å²) in [4.78, 5) is 27.8. The van der Waals surface area contributed by atoms with Crippen molar-refractivity contribution in [2.45, 2.75) is 45.8 Å². The molecule has 134 valence electrons. The van der Waals surface area contributed by atoms with E-state index >= 15 is 0 Å². The minimum atomic E-state index is -0.113. The molecule has 1 aliphatic heterocycles. The molecular formula is C18H24N4O2S. The van der Waals surface area contributed by atoms with Crippen LogP contribution in [0.5, 0.6) is 0 Å². The van der Waals surface area contributed by atoms with Gasteiger partial charge in [0.15, 0.2) is 0 Å². The molecule has 0 radical (unpaired) electrons. The Balaban J connectivity index is 1.63. The van der Waals surface area contributed by atoms with Crippen LogP contribution in [0.1, 0.15) is 43.3 Å². The van der Waals surface area contributed by atoms with Gasteiger partial charge >= 0.3 is 0 Å². The molecule has 2 amide bonds. The first-order valence-electron chi connectivity index (χ1n) is 8.62. The second kappa shape index (κ2) is 7.82. The number of hydrogen-bond donors (Lipinski definition) is 1. The van der Waals surface area contributed by atoms with Gasteiger partial charge in [-0.3, -0.25) is 14.3 Å². The summed E-state index contributed by atoms with van der Waals surface area (Å²) in [5.41, 5.74) is 0.986. The summed E-state index contributed by atoms with van der Waals surface area (Å²) in [6, 6.07) is 5.79. The summed E-state index contributed by atoms with van der Waals surface area (Å²) in [6.45, 7) is 5.74. The first-order chi connectivity index (χ1) is 12.0. The molecule has 1 N–H and O–H groups in total. The van der Waals surface area contributed by atoms with Crippen LogP contribution in [0.2, 0.25) is 0 Å². The van der Waals surface area contributed by atoms with Crippen molar-refractivity contribution in [2.75, 3.05) is 6.54 Å². The number of fused-ring (bicyclic) bond motifs is 1. The zero-order valence-electron chi connectivity index (χ0n) is 14.6. The van der Waals surface area contributed by atoms with Gasteiger partial charge in [-0.25, -0.2) is 0 Å². The van der Waals surface area contributed by atoms with Crippen molar-refractivity contribution in [3.05, 3.63) is 40.3 Å². The molecule has 0 unspecified atom stereocenters. The Bertz CT molecular complexity index is 723. The van der Waals surface area contributed by atoms with Crippen LogP contribution in [0, 0.1) is 5.92 Å². The molecule has 0 aromatic carbocycles. The molecule has 1 aliphatic rings. The summed E-state index contributed by atoms with van der Waals surface area (Å²) in [5, 5.41) is 9.31. The first kappa shape index (κ1) is 17.7. The first-order valence-corrected chi connectivity index (χ1v) is 9.50. The van der Waals surface area contributed by atoms with Crippen LogP contribution in [0.4, 0.5) is 0 Å². The summed E-state index contributed by atoms with van der Waals surface area (Å²) in [7, 11) is 0. The van der Waals surface area contributed by atoms with Gasteiger partial charge < -0.3 is 10.2 Å². The highest BCUT2D eigenvalue weighted by atomic mass is 32.1. The largest absolute Gasteiger partial charge is 0.351 e. The fourth-order valence-corrected chi connectivity index (χ4v) is 3.74. The lowest BCUT2D eigenvalue weighted by Crippen LogP contribution is -2.43. The lowest BCUT2D eigenvalue weighted by molar-refractivity contribution is -0.135. The minimum absolute atomic E-state index is 0.0157. The van der Waals surface area contributed by atoms with Crippen molar-refractivity contribution in [3.8, 4) is 0 Å². The molecule has 3 heterocycles. The van der Waals surface area contributed by atoms with E-state index in [1.165, 1.54) is 0 Å². The van der Waals surface area contributed by atoms with E-state index in [-0.39, 0.29) is 17.9 Å². The zero-order valence-corrected chi connectivity index (χ0v) is 15.5. The van der Waals surface area contributed by atoms with Crippen LogP contribution in [-0.2, 0) is 22.7 Å². The van der Waals surface area contributed by atoms with Gasteiger partial charge in [0.05, 0.1) is 31.2 Å². The fraction of sp³-hybridized carbons (Fsp3) is 0.500. The maximum absolute atomic E-state index is 12.4. The zero-order chi connectivity index (χ0) is 17.8. The Morgan fingerprint density at radius 2 is 2.24 bits per heavy atom. The maximum Gasteiger partial charge on any atom is 0.223 e. The van der Waals surface area contributed by atoms with Crippen molar-refractivity contribution < 1.29 is 9.59 Å². The van der Waals surface area contributed by atoms with Crippen molar-refractivity contribution in [3.63, 3.8) is 0 Å². The topological polar surface area (TPSA) is 67.2 Å². The number of hydrogen-bond acceptors (Lipinski definition) is 4. The normalized spacial score (nSPS) is 16.8. The van der Waals surface area contributed by atoms with Crippen LogP contribution < -0.4 is 5.32 Å². The third-order valence-electron chi connectivity index (χ3n) is 4.28. The Kier molecular flexibility index (Phi) is 5.53. The number of nitrogens with zero attached hydrogens (tertiary/aromatic N) is 3. The lowest BCUT2D eigenvalue weighted by Gasteiger charge is -2.34. The quantitative estimate of drug-likeness (QED) is 0.861. The molecule has 2 aromatic heterocycles. The van der Waals surface area contributed by atoms with E-state index < -0.39 is 0 Å². The van der Waals surface area contributed by atoms with Crippen LogP contribution in [0.25, 0.3) is 0 Å². The standard InChI is InChI=1S/C18H24N4O2S/c1-13(2)8-18(24)21-11-14-5-6-20-22(14)15(12-21)9-17(23)19-10-16-4-3-7-25-16/h3-7,13,15H,8-12H2,1-2H3,(H,19,23)/t15-/m0/s1. The molecule has 0 saturated heterocycles. The number of carbonyl (C=O) groups excluding carboxylic acids is 2. The van der Waals surface area contributed by atoms with Gasteiger partial charge in [-0.1, -0.05) is 19.9 Å². The molecule has 2 aromatic rings. The van der Waals surface area contributed by atoms with Crippen molar-refractivity contribution in [1.82, 2.24) is 20.0 Å². The third-order valence-corrected chi connectivity index (χ3v) is 5.15. The smallest absolute Gasteiger partial charge is 0.223 e. The number of carbonyl (C=O) groups is 2. The molecular weight excluding hydrogens is 336 g/mol. The SMILES string of the molecule is CC(C)CC(=O)N1Cc2ccnn2[C@@H](CC(=O)NCc2cccs2)C1. The van der Waals surface area contributed by atoms with E-state index in [1.807, 2.05) is 47.0 Å². The average Bonchev–Trinajstić information content (AvgIpc) is 3.23. The highest BCUT2D eigenvalue weighted by molar-refractivity contribution is 7.09. The lowest BCUT2D eigenvalue weighted by atomic mass is 10.1. The highest BCUT2D eigenvalue weighted by Crippen LogP contribution is 2.24. The summed E-state index contributed by atoms with van der Waals surface area (Å²) in [6.07, 6.45) is 2.60. The summed E-state index contributed by atoms with van der Waals surface area (Å²) < 4.78 is 1.89. The van der Waals surface area contributed by atoms with Gasteiger partial charge in [-0.05, 0) is 23.4 Å². The molecule has 0 saturated carbocycles. The molecule has 3 rings (SSSR count). The van der Waals surface area contributed by atoms with E-state index in [0.717, 1.165) is 10.6 Å². The number of rotatable bonds is 6. The molecule has 1 atom stereocenters. The summed E-state index contributed by atoms with van der Waals surface area (Å²) in [5.74, 6) is 0.455. The molecule has 6 nitrogen and oxygen atoms in total. The molecule has 0 aliphatic carbocycles. The highest BCUT2D eigenvalue weighted by Gasteiger charge is 2.30. The predicted molar refractivity (Wildman–Crippen MR) is 96.9 cm³/mol. The second-order valence-electron chi connectivity index (χ2n) is 6.85. The number of nitrogens with one attached hydrogen (secondary N) is 1. The van der Waals surface area contributed by atoms with E-state index in [9.17, 15) is 9.59 Å². The fourth-order valence-electron chi connectivity index (χ4n) is 3.09. The van der Waals surface area contributed by atoms with Gasteiger partial charge in [0, 0.05) is 24.0 Å². The van der Waals surface area contributed by atoms with Gasteiger partial charge in [0.25, 0.3) is 0 Å². The van der Waals surface area contributed by atoms with Crippen LogP contribution >= 0.6 is 11.3 Å². The molecule has 0 spiro atoms. The van der Waals surface area contributed by atoms with Gasteiger partial charge in [-0.2, -0.15) is 5.10 Å². The van der Waals surface area contributed by atoms with E-state index in [4.69, 9.17) is 0 Å². The van der Waals surface area contributed by atoms with Crippen LogP contribution in [0.15, 0.2) is 29.8 Å². The van der Waals surface area contributed by atoms with Crippen LogP contribution in [0.3, 0.4) is 0 Å². The Morgan fingerprint density at radius 3 is 2.96 bits per heavy atom. The second-order valence-corrected chi connectivity index (χ2v) is 7.89. The van der Waals surface area contributed by atoms with Crippen molar-refractivity contribution >= 4 is 23.2 Å². The Labute approximate surface area is 151 Å². The molecule has 7 heteroatoms. The van der Waals surface area contributed by atoms with E-state index in [1.54, 1.807) is 17.5 Å². The average molecular weight is 360 g/mol. The number of thiophene rings is 1. The number of aromatic nitrogens is 2. The van der Waals surface area contributed by atoms with Gasteiger partial charge in [0.1, 0.15) is 0 Å². The molecule has 0 bridgehead atoms. The third kappa shape index (κ3) is 4.48. The van der Waals surface area contributed by atoms with E-state index in [2.05, 4.69) is 10.4 Å². The van der Waals surface area contributed by atoms with Crippen molar-refractivity contribution in [1.29, 1.82) is 0 Å². The predicted octanol–water partition coefficient (Wildman–Crippen LogP) is 2.58. The Hall–Kier alpha value is -2.15.